The Hall–Kier alpha value is -0.610. The molecule has 60 valence electrons. The van der Waals surface area contributed by atoms with Gasteiger partial charge < -0.3 is 15.1 Å². The summed E-state index contributed by atoms with van der Waals surface area (Å²) in [5.41, 5.74) is 0. The number of aliphatic hydroxyl groups is 1. The molecule has 0 fully saturated rings. The molecule has 0 aromatic heterocycles. The van der Waals surface area contributed by atoms with Gasteiger partial charge in [0, 0.05) is 6.54 Å². The van der Waals surface area contributed by atoms with E-state index in [-0.39, 0.29) is 6.42 Å². The number of aliphatic carboxylic acids is 1. The number of carboxylic acids is 1. The number of rotatable bonds is 4. The lowest BCUT2D eigenvalue weighted by Gasteiger charge is -2.13. The molecule has 10 heavy (non-hydrogen) atoms. The van der Waals surface area contributed by atoms with E-state index in [0.717, 1.165) is 0 Å². The third-order valence-corrected chi connectivity index (χ3v) is 0.986. The van der Waals surface area contributed by atoms with Crippen molar-refractivity contribution in [3.63, 3.8) is 0 Å². The first-order valence-electron chi connectivity index (χ1n) is 3.07. The topological polar surface area (TPSA) is 60.8 Å². The van der Waals surface area contributed by atoms with Crippen molar-refractivity contribution in [1.82, 2.24) is 4.90 Å². The Kier molecular flexibility index (Phi) is 3.99. The maximum atomic E-state index is 10.0. The Morgan fingerprint density at radius 2 is 2.10 bits per heavy atom. The number of nitrogens with zero attached hydrogens (tertiary/aromatic N) is 1. The van der Waals surface area contributed by atoms with E-state index in [9.17, 15) is 4.79 Å². The van der Waals surface area contributed by atoms with Crippen molar-refractivity contribution in [3.8, 4) is 0 Å². The molecule has 0 radical (unpaired) electrons. The molecule has 4 heteroatoms. The van der Waals surface area contributed by atoms with Crippen LogP contribution in [0.15, 0.2) is 0 Å². The van der Waals surface area contributed by atoms with Crippen molar-refractivity contribution in [2.45, 2.75) is 12.5 Å². The first-order valence-corrected chi connectivity index (χ1v) is 3.07. The van der Waals surface area contributed by atoms with Gasteiger partial charge >= 0.3 is 5.97 Å². The highest BCUT2D eigenvalue weighted by molar-refractivity contribution is 5.67. The summed E-state index contributed by atoms with van der Waals surface area (Å²) < 4.78 is 0. The maximum Gasteiger partial charge on any atom is 0.306 e. The fraction of sp³-hybridized carbons (Fsp3) is 0.833. The standard InChI is InChI=1S/C6H13NO3/c1-7(2)4-5(8)3-6(9)10/h5,8H,3-4H2,1-2H3,(H,9,10). The van der Waals surface area contributed by atoms with Gasteiger partial charge in [-0.15, -0.1) is 0 Å². The molecular formula is C6H13NO3. The van der Waals surface area contributed by atoms with Crippen LogP contribution in [-0.4, -0.2) is 47.8 Å². The van der Waals surface area contributed by atoms with Crippen LogP contribution < -0.4 is 0 Å². The number of likely N-dealkylation sites (N-methyl/N-ethyl adjacent to an activating group) is 1. The van der Waals surface area contributed by atoms with E-state index in [1.807, 2.05) is 0 Å². The Morgan fingerprint density at radius 1 is 1.60 bits per heavy atom. The smallest absolute Gasteiger partial charge is 0.306 e. The second-order valence-electron chi connectivity index (χ2n) is 2.51. The van der Waals surface area contributed by atoms with Gasteiger partial charge in [0.25, 0.3) is 0 Å². The average molecular weight is 147 g/mol. The molecule has 0 rings (SSSR count). The zero-order valence-electron chi connectivity index (χ0n) is 6.24. The van der Waals surface area contributed by atoms with Gasteiger partial charge in [-0.1, -0.05) is 0 Å². The van der Waals surface area contributed by atoms with Crippen LogP contribution in [0.25, 0.3) is 0 Å². The molecule has 2 N–H and O–H groups in total. The van der Waals surface area contributed by atoms with Crippen molar-refractivity contribution in [2.75, 3.05) is 20.6 Å². The summed E-state index contributed by atoms with van der Waals surface area (Å²) >= 11 is 0. The first-order chi connectivity index (χ1) is 4.52. The van der Waals surface area contributed by atoms with Crippen molar-refractivity contribution < 1.29 is 15.0 Å². The number of hydrogen-bond donors (Lipinski definition) is 2. The Morgan fingerprint density at radius 3 is 2.40 bits per heavy atom. The van der Waals surface area contributed by atoms with E-state index < -0.39 is 12.1 Å². The third-order valence-electron chi connectivity index (χ3n) is 0.986. The van der Waals surface area contributed by atoms with E-state index in [1.165, 1.54) is 0 Å². The zero-order valence-corrected chi connectivity index (χ0v) is 6.24. The molecule has 0 aliphatic carbocycles. The van der Waals surface area contributed by atoms with E-state index in [0.29, 0.717) is 6.54 Å². The lowest BCUT2D eigenvalue weighted by molar-refractivity contribution is -0.139. The molecule has 0 heterocycles. The maximum absolute atomic E-state index is 10.0. The van der Waals surface area contributed by atoms with Gasteiger partial charge in [0.05, 0.1) is 12.5 Å². The summed E-state index contributed by atoms with van der Waals surface area (Å²) in [4.78, 5) is 11.8. The number of aliphatic hydroxyl groups excluding tert-OH is 1. The highest BCUT2D eigenvalue weighted by Crippen LogP contribution is 1.92. The minimum Gasteiger partial charge on any atom is -0.481 e. The van der Waals surface area contributed by atoms with E-state index >= 15 is 0 Å². The minimum atomic E-state index is -0.964. The monoisotopic (exact) mass is 147 g/mol. The average Bonchev–Trinajstić information content (AvgIpc) is 1.58. The fourth-order valence-electron chi connectivity index (χ4n) is 0.688. The number of hydrogen-bond acceptors (Lipinski definition) is 3. The van der Waals surface area contributed by atoms with Crippen LogP contribution in [0.1, 0.15) is 6.42 Å². The quantitative estimate of drug-likeness (QED) is 0.556. The molecule has 1 unspecified atom stereocenters. The molecule has 0 aromatic rings. The van der Waals surface area contributed by atoms with Gasteiger partial charge in [0.1, 0.15) is 0 Å². The molecule has 0 saturated heterocycles. The highest BCUT2D eigenvalue weighted by Gasteiger charge is 2.09. The van der Waals surface area contributed by atoms with E-state index in [4.69, 9.17) is 10.2 Å². The lowest BCUT2D eigenvalue weighted by atomic mass is 10.2. The summed E-state index contributed by atoms with van der Waals surface area (Å²) in [6.45, 7) is 0.395. The van der Waals surface area contributed by atoms with Crippen LogP contribution in [0, 0.1) is 0 Å². The summed E-state index contributed by atoms with van der Waals surface area (Å²) in [6.07, 6.45) is -0.939. The first kappa shape index (κ1) is 9.39. The van der Waals surface area contributed by atoms with Gasteiger partial charge in [0.15, 0.2) is 0 Å². The third kappa shape index (κ3) is 5.53. The Labute approximate surface area is 60.1 Å². The second-order valence-corrected chi connectivity index (χ2v) is 2.51. The SMILES string of the molecule is CN(C)CC(O)CC(=O)O. The van der Waals surface area contributed by atoms with Crippen LogP contribution in [0.2, 0.25) is 0 Å². The minimum absolute atomic E-state index is 0.182. The largest absolute Gasteiger partial charge is 0.481 e. The zero-order chi connectivity index (χ0) is 8.15. The highest BCUT2D eigenvalue weighted by atomic mass is 16.4. The van der Waals surface area contributed by atoms with Gasteiger partial charge in [0.2, 0.25) is 0 Å². The summed E-state index contributed by atoms with van der Waals surface area (Å²) in [5, 5.41) is 17.2. The fourth-order valence-corrected chi connectivity index (χ4v) is 0.688. The van der Waals surface area contributed by atoms with Gasteiger partial charge in [-0.2, -0.15) is 0 Å². The van der Waals surface area contributed by atoms with E-state index in [2.05, 4.69) is 0 Å². The Bertz CT molecular complexity index is 114. The molecule has 0 bridgehead atoms. The summed E-state index contributed by atoms with van der Waals surface area (Å²) in [5.74, 6) is -0.964. The molecular weight excluding hydrogens is 134 g/mol. The summed E-state index contributed by atoms with van der Waals surface area (Å²) in [7, 11) is 3.57. The molecule has 1 atom stereocenters. The van der Waals surface area contributed by atoms with Crippen molar-refractivity contribution in [1.29, 1.82) is 0 Å². The lowest BCUT2D eigenvalue weighted by Crippen LogP contribution is -2.27. The molecule has 0 saturated carbocycles. The van der Waals surface area contributed by atoms with Crippen LogP contribution >= 0.6 is 0 Å². The van der Waals surface area contributed by atoms with Crippen LogP contribution in [-0.2, 0) is 4.79 Å². The molecule has 0 spiro atoms. The van der Waals surface area contributed by atoms with Crippen LogP contribution in [0.5, 0.6) is 0 Å². The molecule has 0 amide bonds. The molecule has 0 aromatic carbocycles. The molecule has 0 aliphatic rings. The van der Waals surface area contributed by atoms with Crippen molar-refractivity contribution in [3.05, 3.63) is 0 Å². The van der Waals surface area contributed by atoms with Gasteiger partial charge in [-0.05, 0) is 14.1 Å². The Balaban J connectivity index is 3.43. The normalized spacial score (nSPS) is 13.6. The van der Waals surface area contributed by atoms with Crippen molar-refractivity contribution in [2.24, 2.45) is 0 Å². The predicted octanol–water partition coefficient (Wildman–Crippen LogP) is -0.616. The number of carbonyl (C=O) groups is 1. The van der Waals surface area contributed by atoms with Gasteiger partial charge in [-0.25, -0.2) is 0 Å². The second kappa shape index (κ2) is 4.24. The predicted molar refractivity (Wildman–Crippen MR) is 36.8 cm³/mol. The molecule has 0 aliphatic heterocycles. The van der Waals surface area contributed by atoms with Crippen LogP contribution in [0.4, 0.5) is 0 Å². The number of carboxylic acid groups (broad SMARTS) is 1. The summed E-state index contributed by atoms with van der Waals surface area (Å²) in [6, 6.07) is 0. The van der Waals surface area contributed by atoms with Crippen molar-refractivity contribution >= 4 is 5.97 Å². The van der Waals surface area contributed by atoms with Crippen LogP contribution in [0.3, 0.4) is 0 Å². The van der Waals surface area contributed by atoms with E-state index in [1.54, 1.807) is 19.0 Å². The molecule has 4 nitrogen and oxygen atoms in total. The van der Waals surface area contributed by atoms with Gasteiger partial charge in [-0.3, -0.25) is 4.79 Å².